The highest BCUT2D eigenvalue weighted by Gasteiger charge is 2.40. The maximum atomic E-state index is 12.1. The number of likely N-dealkylation sites (tertiary alicyclic amines) is 1. The Labute approximate surface area is 134 Å². The van der Waals surface area contributed by atoms with Crippen molar-refractivity contribution in [2.75, 3.05) is 13.6 Å². The number of hydrogen-bond donors (Lipinski definition) is 2. The quantitative estimate of drug-likeness (QED) is 0.717. The second-order valence-corrected chi connectivity index (χ2v) is 6.03. The predicted octanol–water partition coefficient (Wildman–Crippen LogP) is 0.165. The zero-order valence-electron chi connectivity index (χ0n) is 13.5. The molecule has 8 heteroatoms. The molecule has 0 aromatic heterocycles. The lowest BCUT2D eigenvalue weighted by atomic mass is 10.1. The van der Waals surface area contributed by atoms with Gasteiger partial charge in [0.05, 0.1) is 5.92 Å². The first kappa shape index (κ1) is 17.2. The Hall–Kier alpha value is -2.12. The van der Waals surface area contributed by atoms with Gasteiger partial charge in [0.25, 0.3) is 5.91 Å². The SMILES string of the molecule is CNC(=O)NC(=O)[C@@H](C)OC(=O)[C@H]1CC(=O)N(C2CCCC2)C1. The number of esters is 1. The molecule has 2 rings (SSSR count). The van der Waals surface area contributed by atoms with Gasteiger partial charge in [-0.1, -0.05) is 12.8 Å². The molecule has 2 atom stereocenters. The third-order valence-corrected chi connectivity index (χ3v) is 4.38. The van der Waals surface area contributed by atoms with Crippen LogP contribution in [0.3, 0.4) is 0 Å². The van der Waals surface area contributed by atoms with Crippen LogP contribution in [0.4, 0.5) is 4.79 Å². The molecule has 0 unspecified atom stereocenters. The van der Waals surface area contributed by atoms with E-state index in [1.54, 1.807) is 4.90 Å². The molecular weight excluding hydrogens is 302 g/mol. The molecule has 128 valence electrons. The summed E-state index contributed by atoms with van der Waals surface area (Å²) < 4.78 is 5.09. The average Bonchev–Trinajstić information content (AvgIpc) is 3.15. The van der Waals surface area contributed by atoms with Crippen LogP contribution >= 0.6 is 0 Å². The molecule has 1 heterocycles. The minimum Gasteiger partial charge on any atom is -0.452 e. The number of nitrogens with zero attached hydrogens (tertiary/aromatic N) is 1. The van der Waals surface area contributed by atoms with E-state index < -0.39 is 29.9 Å². The van der Waals surface area contributed by atoms with Gasteiger partial charge in [0.1, 0.15) is 0 Å². The molecule has 4 amide bonds. The lowest BCUT2D eigenvalue weighted by Crippen LogP contribution is -2.44. The molecular formula is C15H23N3O5. The summed E-state index contributed by atoms with van der Waals surface area (Å²) in [7, 11) is 1.38. The van der Waals surface area contributed by atoms with Crippen LogP contribution in [0.15, 0.2) is 0 Å². The van der Waals surface area contributed by atoms with Crippen molar-refractivity contribution in [2.24, 2.45) is 5.92 Å². The van der Waals surface area contributed by atoms with Gasteiger partial charge in [-0.3, -0.25) is 19.7 Å². The Bertz CT molecular complexity index is 501. The van der Waals surface area contributed by atoms with Crippen molar-refractivity contribution in [1.82, 2.24) is 15.5 Å². The number of carbonyl (C=O) groups excluding carboxylic acids is 4. The molecule has 8 nitrogen and oxygen atoms in total. The van der Waals surface area contributed by atoms with Crippen molar-refractivity contribution in [3.8, 4) is 0 Å². The minimum absolute atomic E-state index is 0.0266. The van der Waals surface area contributed by atoms with Crippen molar-refractivity contribution < 1.29 is 23.9 Å². The number of nitrogens with one attached hydrogen (secondary N) is 2. The first-order valence-electron chi connectivity index (χ1n) is 7.95. The van der Waals surface area contributed by atoms with E-state index in [9.17, 15) is 19.2 Å². The van der Waals surface area contributed by atoms with E-state index in [0.717, 1.165) is 25.7 Å². The van der Waals surface area contributed by atoms with Crippen LogP contribution in [0.2, 0.25) is 0 Å². The zero-order valence-corrected chi connectivity index (χ0v) is 13.5. The molecule has 1 saturated heterocycles. The Morgan fingerprint density at radius 2 is 1.91 bits per heavy atom. The third kappa shape index (κ3) is 4.20. The van der Waals surface area contributed by atoms with Crippen LogP contribution in [-0.4, -0.2) is 54.5 Å². The average molecular weight is 325 g/mol. The molecule has 0 spiro atoms. The second kappa shape index (κ2) is 7.43. The smallest absolute Gasteiger partial charge is 0.321 e. The summed E-state index contributed by atoms with van der Waals surface area (Å²) in [6, 6.07) is -0.435. The highest BCUT2D eigenvalue weighted by atomic mass is 16.5. The number of ether oxygens (including phenoxy) is 1. The molecule has 1 aliphatic heterocycles. The monoisotopic (exact) mass is 325 g/mol. The van der Waals surface area contributed by atoms with Crippen LogP contribution in [0, 0.1) is 5.92 Å². The van der Waals surface area contributed by atoms with Crippen molar-refractivity contribution in [1.29, 1.82) is 0 Å². The minimum atomic E-state index is -1.09. The number of imide groups is 1. The molecule has 1 aliphatic carbocycles. The van der Waals surface area contributed by atoms with Crippen LogP contribution in [-0.2, 0) is 19.1 Å². The van der Waals surface area contributed by atoms with Crippen LogP contribution in [0.25, 0.3) is 0 Å². The van der Waals surface area contributed by atoms with Gasteiger partial charge < -0.3 is 15.0 Å². The Kier molecular flexibility index (Phi) is 5.57. The van der Waals surface area contributed by atoms with Crippen molar-refractivity contribution in [3.05, 3.63) is 0 Å². The Morgan fingerprint density at radius 1 is 1.26 bits per heavy atom. The number of rotatable bonds is 4. The predicted molar refractivity (Wildman–Crippen MR) is 80.2 cm³/mol. The fourth-order valence-electron chi connectivity index (χ4n) is 3.06. The summed E-state index contributed by atoms with van der Waals surface area (Å²) in [5.41, 5.74) is 0. The largest absolute Gasteiger partial charge is 0.452 e. The lowest BCUT2D eigenvalue weighted by Gasteiger charge is -2.24. The molecule has 2 aliphatic rings. The first-order valence-corrected chi connectivity index (χ1v) is 7.95. The van der Waals surface area contributed by atoms with Gasteiger partial charge in [0.2, 0.25) is 5.91 Å². The van der Waals surface area contributed by atoms with Gasteiger partial charge in [-0.2, -0.15) is 0 Å². The van der Waals surface area contributed by atoms with Gasteiger partial charge >= 0.3 is 12.0 Å². The molecule has 0 aromatic carbocycles. The molecule has 2 fully saturated rings. The Morgan fingerprint density at radius 3 is 2.52 bits per heavy atom. The molecule has 0 aromatic rings. The van der Waals surface area contributed by atoms with E-state index in [-0.39, 0.29) is 18.4 Å². The van der Waals surface area contributed by atoms with Gasteiger partial charge in [0, 0.05) is 26.1 Å². The maximum absolute atomic E-state index is 12.1. The standard InChI is InChI=1S/C15H23N3O5/c1-9(13(20)17-15(22)16-2)23-14(21)10-7-12(19)18(8-10)11-5-3-4-6-11/h9-11H,3-8H2,1-2H3,(H2,16,17,20,22)/t9-,10+/m1/s1. The molecule has 1 saturated carbocycles. The topological polar surface area (TPSA) is 105 Å². The summed E-state index contributed by atoms with van der Waals surface area (Å²) in [5.74, 6) is -1.84. The molecule has 0 radical (unpaired) electrons. The highest BCUT2D eigenvalue weighted by Crippen LogP contribution is 2.30. The number of amides is 4. The van der Waals surface area contributed by atoms with Gasteiger partial charge in [-0.05, 0) is 19.8 Å². The van der Waals surface area contributed by atoms with E-state index >= 15 is 0 Å². The van der Waals surface area contributed by atoms with Gasteiger partial charge in [0.15, 0.2) is 6.10 Å². The number of urea groups is 1. The van der Waals surface area contributed by atoms with Crippen LogP contribution in [0.1, 0.15) is 39.0 Å². The van der Waals surface area contributed by atoms with E-state index in [0.29, 0.717) is 6.54 Å². The first-order chi connectivity index (χ1) is 10.9. The summed E-state index contributed by atoms with van der Waals surface area (Å²) in [5, 5.41) is 4.28. The molecule has 23 heavy (non-hydrogen) atoms. The van der Waals surface area contributed by atoms with E-state index in [4.69, 9.17) is 4.74 Å². The van der Waals surface area contributed by atoms with Gasteiger partial charge in [-0.25, -0.2) is 4.79 Å². The van der Waals surface area contributed by atoms with Crippen LogP contribution in [0.5, 0.6) is 0 Å². The lowest BCUT2D eigenvalue weighted by molar-refractivity contribution is -0.158. The fourth-order valence-corrected chi connectivity index (χ4v) is 3.06. The summed E-state index contributed by atoms with van der Waals surface area (Å²) in [6.07, 6.45) is 3.23. The van der Waals surface area contributed by atoms with Crippen molar-refractivity contribution in [3.63, 3.8) is 0 Å². The fraction of sp³-hybridized carbons (Fsp3) is 0.733. The van der Waals surface area contributed by atoms with E-state index in [2.05, 4.69) is 5.32 Å². The summed E-state index contributed by atoms with van der Waals surface area (Å²) in [4.78, 5) is 48.7. The zero-order chi connectivity index (χ0) is 17.0. The van der Waals surface area contributed by atoms with E-state index in [1.807, 2.05) is 5.32 Å². The Balaban J connectivity index is 1.85. The second-order valence-electron chi connectivity index (χ2n) is 6.03. The molecule has 2 N–H and O–H groups in total. The normalized spacial score (nSPS) is 22.8. The summed E-state index contributed by atoms with van der Waals surface area (Å²) >= 11 is 0. The van der Waals surface area contributed by atoms with Crippen molar-refractivity contribution in [2.45, 2.75) is 51.2 Å². The third-order valence-electron chi connectivity index (χ3n) is 4.38. The van der Waals surface area contributed by atoms with Crippen LogP contribution < -0.4 is 10.6 Å². The number of carbonyl (C=O) groups is 4. The number of hydrogen-bond acceptors (Lipinski definition) is 5. The maximum Gasteiger partial charge on any atom is 0.321 e. The van der Waals surface area contributed by atoms with E-state index in [1.165, 1.54) is 14.0 Å². The molecule has 0 bridgehead atoms. The van der Waals surface area contributed by atoms with Crippen molar-refractivity contribution >= 4 is 23.8 Å². The van der Waals surface area contributed by atoms with Gasteiger partial charge in [-0.15, -0.1) is 0 Å². The summed E-state index contributed by atoms with van der Waals surface area (Å²) in [6.45, 7) is 1.74. The highest BCUT2D eigenvalue weighted by molar-refractivity contribution is 5.97.